The van der Waals surface area contributed by atoms with Crippen molar-refractivity contribution < 1.29 is 22.7 Å². The number of hydrogen-bond acceptors (Lipinski definition) is 5. The fourth-order valence-corrected chi connectivity index (χ4v) is 4.76. The van der Waals surface area contributed by atoms with Crippen molar-refractivity contribution in [3.05, 3.63) is 58.9 Å². The van der Waals surface area contributed by atoms with Crippen molar-refractivity contribution >= 4 is 28.6 Å². The van der Waals surface area contributed by atoms with E-state index in [1.54, 1.807) is 55.5 Å². The number of para-hydroxylation sites is 1. The van der Waals surface area contributed by atoms with Crippen LogP contribution < -0.4 is 10.3 Å². The number of benzene rings is 2. The minimum absolute atomic E-state index is 0.0903. The first kappa shape index (κ1) is 24.1. The molecule has 0 spiro atoms. The van der Waals surface area contributed by atoms with E-state index in [1.165, 1.54) is 11.7 Å². The molecule has 1 unspecified atom stereocenters. The average Bonchev–Trinajstić information content (AvgIpc) is 3.66. The summed E-state index contributed by atoms with van der Waals surface area (Å²) in [5.74, 6) is -0.210. The molecule has 1 fully saturated rings. The van der Waals surface area contributed by atoms with Crippen LogP contribution in [0.2, 0.25) is 0 Å². The number of carbonyl (C=O) groups excluding carboxylic acids is 1. The molecule has 6 nitrogen and oxygen atoms in total. The van der Waals surface area contributed by atoms with E-state index in [0.717, 1.165) is 29.5 Å². The molecule has 1 amide bonds. The second-order valence-electron chi connectivity index (χ2n) is 8.25. The summed E-state index contributed by atoms with van der Waals surface area (Å²) in [4.78, 5) is 31.7. The molecule has 34 heavy (non-hydrogen) atoms. The van der Waals surface area contributed by atoms with Gasteiger partial charge in [-0.25, -0.2) is 4.98 Å². The monoisotopic (exact) mass is 491 g/mol. The number of rotatable bonds is 8. The zero-order valence-electron chi connectivity index (χ0n) is 18.7. The molecule has 1 aromatic heterocycles. The molecule has 1 atom stereocenters. The van der Waals surface area contributed by atoms with Gasteiger partial charge >= 0.3 is 6.18 Å². The number of aromatic nitrogens is 2. The molecular formula is C24H24F3N3O3S. The van der Waals surface area contributed by atoms with Gasteiger partial charge in [0.05, 0.1) is 29.5 Å². The van der Waals surface area contributed by atoms with Crippen molar-refractivity contribution in [2.75, 3.05) is 19.4 Å². The molecule has 4 rings (SSSR count). The highest BCUT2D eigenvalue weighted by atomic mass is 32.2. The smallest absolute Gasteiger partial charge is 0.406 e. The van der Waals surface area contributed by atoms with E-state index in [0.29, 0.717) is 22.3 Å². The van der Waals surface area contributed by atoms with Crippen molar-refractivity contribution in [2.24, 2.45) is 5.92 Å². The van der Waals surface area contributed by atoms with E-state index < -0.39 is 24.7 Å². The number of alkyl halides is 3. The normalized spacial score (nSPS) is 14.7. The number of halogens is 3. The molecule has 0 N–H and O–H groups in total. The van der Waals surface area contributed by atoms with E-state index in [9.17, 15) is 22.8 Å². The fraction of sp³-hybridized carbons (Fsp3) is 0.375. The maximum atomic E-state index is 13.3. The van der Waals surface area contributed by atoms with Crippen LogP contribution in [-0.2, 0) is 4.79 Å². The Kier molecular flexibility index (Phi) is 6.88. The number of carbonyl (C=O) groups is 1. The van der Waals surface area contributed by atoms with Gasteiger partial charge in [0.1, 0.15) is 12.3 Å². The molecule has 10 heteroatoms. The van der Waals surface area contributed by atoms with Gasteiger partial charge in [-0.3, -0.25) is 14.2 Å². The van der Waals surface area contributed by atoms with Crippen molar-refractivity contribution in [2.45, 2.75) is 37.1 Å². The minimum atomic E-state index is -4.49. The molecule has 1 aliphatic carbocycles. The molecule has 180 valence electrons. The Bertz CT molecular complexity index is 1240. The first-order valence-corrected chi connectivity index (χ1v) is 11.8. The second kappa shape index (κ2) is 9.69. The Balaban J connectivity index is 1.67. The van der Waals surface area contributed by atoms with Crippen molar-refractivity contribution in [1.82, 2.24) is 14.5 Å². The van der Waals surface area contributed by atoms with Gasteiger partial charge < -0.3 is 9.64 Å². The van der Waals surface area contributed by atoms with E-state index in [2.05, 4.69) is 4.98 Å². The predicted octanol–water partition coefficient (Wildman–Crippen LogP) is 4.68. The topological polar surface area (TPSA) is 64.4 Å². The van der Waals surface area contributed by atoms with Gasteiger partial charge in [0.25, 0.3) is 5.56 Å². The Morgan fingerprint density at radius 2 is 1.88 bits per heavy atom. The molecule has 0 aliphatic heterocycles. The lowest BCUT2D eigenvalue weighted by molar-refractivity contribution is -0.164. The van der Waals surface area contributed by atoms with Crippen molar-refractivity contribution in [3.63, 3.8) is 0 Å². The molecule has 1 heterocycles. The molecule has 0 saturated heterocycles. The molecule has 3 aromatic rings. The summed E-state index contributed by atoms with van der Waals surface area (Å²) in [6.07, 6.45) is -2.85. The standard InChI is InChI=1S/C24H24F3N3O3S/c1-15(16-7-8-16)29(14-24(25,26)27)21(31)13-34-23-28-20-6-4-3-5-19(20)22(32)30(23)17-9-11-18(33-2)12-10-17/h3-6,9-12,15-16H,7-8,13-14H2,1-2H3. The van der Waals surface area contributed by atoms with E-state index >= 15 is 0 Å². The van der Waals surface area contributed by atoms with Gasteiger partial charge in [0.15, 0.2) is 5.16 Å². The third kappa shape index (κ3) is 5.38. The molecule has 0 radical (unpaired) electrons. The zero-order valence-corrected chi connectivity index (χ0v) is 19.5. The highest BCUT2D eigenvalue weighted by molar-refractivity contribution is 7.99. The van der Waals surface area contributed by atoms with Crippen LogP contribution >= 0.6 is 11.8 Å². The zero-order chi connectivity index (χ0) is 24.5. The van der Waals surface area contributed by atoms with Crippen LogP contribution in [0.5, 0.6) is 5.75 Å². The minimum Gasteiger partial charge on any atom is -0.497 e. The number of amides is 1. The third-order valence-corrected chi connectivity index (χ3v) is 6.79. The number of nitrogens with zero attached hydrogens (tertiary/aromatic N) is 3. The van der Waals surface area contributed by atoms with Gasteiger partial charge in [-0.2, -0.15) is 13.2 Å². The Hall–Kier alpha value is -3.01. The van der Waals surface area contributed by atoms with Crippen LogP contribution in [0.25, 0.3) is 16.6 Å². The van der Waals surface area contributed by atoms with Gasteiger partial charge in [0, 0.05) is 6.04 Å². The van der Waals surface area contributed by atoms with Crippen LogP contribution in [0.4, 0.5) is 13.2 Å². The molecule has 0 bridgehead atoms. The Morgan fingerprint density at radius 1 is 1.21 bits per heavy atom. The van der Waals surface area contributed by atoms with Crippen molar-refractivity contribution in [3.8, 4) is 11.4 Å². The SMILES string of the molecule is COc1ccc(-n2c(SCC(=O)N(CC(F)(F)F)C(C)C3CC3)nc3ccccc3c2=O)cc1. The van der Waals surface area contributed by atoms with E-state index in [4.69, 9.17) is 4.74 Å². The summed E-state index contributed by atoms with van der Waals surface area (Å²) in [5, 5.41) is 0.628. The lowest BCUT2D eigenvalue weighted by Crippen LogP contribution is -2.46. The molecule has 1 aliphatic rings. The maximum absolute atomic E-state index is 13.3. The van der Waals surface area contributed by atoms with Crippen LogP contribution in [0, 0.1) is 5.92 Å². The van der Waals surface area contributed by atoms with Crippen LogP contribution in [0.3, 0.4) is 0 Å². The van der Waals surface area contributed by atoms with Gasteiger partial charge in [-0.1, -0.05) is 23.9 Å². The maximum Gasteiger partial charge on any atom is 0.406 e. The highest BCUT2D eigenvalue weighted by Gasteiger charge is 2.40. The van der Waals surface area contributed by atoms with Crippen LogP contribution in [0.1, 0.15) is 19.8 Å². The number of thioether (sulfide) groups is 1. The van der Waals surface area contributed by atoms with Crippen LogP contribution in [-0.4, -0.2) is 52.0 Å². The Morgan fingerprint density at radius 3 is 2.50 bits per heavy atom. The summed E-state index contributed by atoms with van der Waals surface area (Å²) in [6.45, 7) is 0.369. The quantitative estimate of drug-likeness (QED) is 0.338. The lowest BCUT2D eigenvalue weighted by atomic mass is 10.2. The van der Waals surface area contributed by atoms with Crippen molar-refractivity contribution in [1.29, 1.82) is 0 Å². The predicted molar refractivity (Wildman–Crippen MR) is 125 cm³/mol. The first-order chi connectivity index (χ1) is 16.2. The van der Waals surface area contributed by atoms with Gasteiger partial charge in [-0.15, -0.1) is 0 Å². The van der Waals surface area contributed by atoms with E-state index in [-0.39, 0.29) is 22.4 Å². The largest absolute Gasteiger partial charge is 0.497 e. The highest BCUT2D eigenvalue weighted by Crippen LogP contribution is 2.36. The molecular weight excluding hydrogens is 467 g/mol. The number of fused-ring (bicyclic) bond motifs is 1. The third-order valence-electron chi connectivity index (χ3n) is 5.87. The summed E-state index contributed by atoms with van der Waals surface area (Å²) in [5.41, 5.74) is 0.632. The van der Waals surface area contributed by atoms with Gasteiger partial charge in [-0.05, 0) is 62.1 Å². The summed E-state index contributed by atoms with van der Waals surface area (Å²) < 4.78 is 46.1. The number of ether oxygens (including phenoxy) is 1. The van der Waals surface area contributed by atoms with E-state index in [1.807, 2.05) is 0 Å². The average molecular weight is 492 g/mol. The molecule has 1 saturated carbocycles. The summed E-state index contributed by atoms with van der Waals surface area (Å²) >= 11 is 0.955. The summed E-state index contributed by atoms with van der Waals surface area (Å²) in [7, 11) is 1.53. The number of methoxy groups -OCH3 is 1. The van der Waals surface area contributed by atoms with Gasteiger partial charge in [0.2, 0.25) is 5.91 Å². The lowest BCUT2D eigenvalue weighted by Gasteiger charge is -2.30. The Labute approximate surface area is 198 Å². The second-order valence-corrected chi connectivity index (χ2v) is 9.20. The summed E-state index contributed by atoms with van der Waals surface area (Å²) in [6, 6.07) is 13.1. The molecule has 2 aromatic carbocycles. The van der Waals surface area contributed by atoms with Crippen LogP contribution in [0.15, 0.2) is 58.5 Å². The first-order valence-electron chi connectivity index (χ1n) is 10.8. The number of hydrogen-bond donors (Lipinski definition) is 0. The fourth-order valence-electron chi connectivity index (χ4n) is 3.86.